The molecule has 3 aliphatic heterocycles. The van der Waals surface area contributed by atoms with Crippen molar-refractivity contribution in [3.63, 3.8) is 0 Å². The van der Waals surface area contributed by atoms with Gasteiger partial charge in [0.05, 0.1) is 6.61 Å². The number of esters is 1. The predicted octanol–water partition coefficient (Wildman–Crippen LogP) is 3.40. The average Bonchev–Trinajstić information content (AvgIpc) is 3.12. The average molecular weight is 408 g/mol. The second-order valence-corrected chi connectivity index (χ2v) is 8.41. The topological polar surface area (TPSA) is 72.5 Å². The number of fused-ring (bicyclic) bond motifs is 1. The molecule has 0 saturated carbocycles. The monoisotopic (exact) mass is 408 g/mol. The van der Waals surface area contributed by atoms with Gasteiger partial charge in [0, 0.05) is 6.08 Å². The number of hydrogen-bond acceptors (Lipinski definition) is 7. The van der Waals surface area contributed by atoms with Gasteiger partial charge in [-0.15, -0.1) is 0 Å². The molecule has 0 unspecified atom stereocenters. The Morgan fingerprint density at radius 3 is 2.55 bits per heavy atom. The van der Waals surface area contributed by atoms with Crippen LogP contribution in [0, 0.1) is 0 Å². The van der Waals surface area contributed by atoms with E-state index in [1.54, 1.807) is 19.9 Å². The van der Waals surface area contributed by atoms with Gasteiger partial charge in [-0.05, 0) is 47.0 Å². The molecule has 3 rings (SSSR count). The fraction of sp³-hybridized carbons (Fsp3) is 0.682. The Morgan fingerprint density at radius 2 is 1.86 bits per heavy atom. The van der Waals surface area contributed by atoms with Crippen LogP contribution in [0.2, 0.25) is 0 Å². The fourth-order valence-corrected chi connectivity index (χ4v) is 3.81. The van der Waals surface area contributed by atoms with Crippen molar-refractivity contribution < 1.29 is 33.2 Å². The first kappa shape index (κ1) is 22.2. The lowest BCUT2D eigenvalue weighted by atomic mass is 9.97. The summed E-state index contributed by atoms with van der Waals surface area (Å²) in [5.74, 6) is -3.32. The smallest absolute Gasteiger partial charge is 0.330 e. The van der Waals surface area contributed by atoms with Crippen LogP contribution in [-0.4, -0.2) is 54.9 Å². The first-order valence-electron chi connectivity index (χ1n) is 10.1. The summed E-state index contributed by atoms with van der Waals surface area (Å²) in [5.41, 5.74) is 0. The zero-order valence-electron chi connectivity index (χ0n) is 17.7. The zero-order chi connectivity index (χ0) is 21.1. The lowest BCUT2D eigenvalue weighted by Gasteiger charge is -2.43. The minimum absolute atomic E-state index is 0.143. The van der Waals surface area contributed by atoms with Gasteiger partial charge < -0.3 is 28.4 Å². The van der Waals surface area contributed by atoms with Gasteiger partial charge in [0.2, 0.25) is 5.79 Å². The van der Waals surface area contributed by atoms with Crippen LogP contribution in [0.1, 0.15) is 47.0 Å². The van der Waals surface area contributed by atoms with E-state index in [4.69, 9.17) is 28.4 Å². The van der Waals surface area contributed by atoms with Crippen LogP contribution in [0.25, 0.3) is 0 Å². The highest BCUT2D eigenvalue weighted by molar-refractivity contribution is 5.82. The van der Waals surface area contributed by atoms with Crippen LogP contribution < -0.4 is 0 Å². The lowest BCUT2D eigenvalue weighted by Crippen LogP contribution is -2.63. The van der Waals surface area contributed by atoms with Crippen LogP contribution in [0.4, 0.5) is 0 Å². The molecule has 0 radical (unpaired) electrons. The molecule has 0 aromatic carbocycles. The molecule has 7 nitrogen and oxygen atoms in total. The van der Waals surface area contributed by atoms with Crippen molar-refractivity contribution in [1.29, 1.82) is 0 Å². The van der Waals surface area contributed by atoms with E-state index in [1.165, 1.54) is 6.08 Å². The second-order valence-electron chi connectivity index (χ2n) is 8.41. The molecule has 0 amide bonds. The maximum Gasteiger partial charge on any atom is 0.330 e. The molecule has 3 aliphatic rings. The van der Waals surface area contributed by atoms with Gasteiger partial charge >= 0.3 is 5.97 Å². The summed E-state index contributed by atoms with van der Waals surface area (Å²) >= 11 is 0. The van der Waals surface area contributed by atoms with E-state index >= 15 is 0 Å². The van der Waals surface area contributed by atoms with Crippen LogP contribution in [0.15, 0.2) is 37.0 Å². The van der Waals surface area contributed by atoms with Crippen LogP contribution in [0.5, 0.6) is 0 Å². The van der Waals surface area contributed by atoms with Gasteiger partial charge in [-0.2, -0.15) is 0 Å². The standard InChI is InChI=1S/C22H32O7/c1-6-7-8-9-10-11-12-13-17(23)26-19-18-16(27-21(4,5)28-18)14-24-22(19)15-25-20(2,3)29-22/h6-8,12-13,16,18-19H,1,9-11,14-15H2,2-5H3/b8-7+,13-12+/t16-,18-,19+,22+/m1/s1. The number of unbranched alkanes of at least 4 members (excludes halogenated alkanes) is 2. The maximum absolute atomic E-state index is 12.5. The zero-order valence-corrected chi connectivity index (χ0v) is 17.7. The molecule has 0 aliphatic carbocycles. The van der Waals surface area contributed by atoms with E-state index in [0.717, 1.165) is 19.3 Å². The van der Waals surface area contributed by atoms with E-state index in [1.807, 2.05) is 32.1 Å². The number of hydrogen-bond donors (Lipinski definition) is 0. The number of rotatable bonds is 7. The molecule has 162 valence electrons. The Labute approximate surface area is 172 Å². The second kappa shape index (κ2) is 8.70. The van der Waals surface area contributed by atoms with Gasteiger partial charge in [0.25, 0.3) is 0 Å². The third kappa shape index (κ3) is 5.35. The molecule has 0 aromatic rings. The minimum atomic E-state index is -1.21. The summed E-state index contributed by atoms with van der Waals surface area (Å²) in [6, 6.07) is 0. The molecule has 3 heterocycles. The summed E-state index contributed by atoms with van der Waals surface area (Å²) in [6.45, 7) is 11.3. The summed E-state index contributed by atoms with van der Waals surface area (Å²) in [4.78, 5) is 12.5. The molecule has 0 aromatic heterocycles. The largest absolute Gasteiger partial charge is 0.450 e. The first-order chi connectivity index (χ1) is 13.7. The number of allylic oxidation sites excluding steroid dienone is 4. The molecule has 29 heavy (non-hydrogen) atoms. The fourth-order valence-electron chi connectivity index (χ4n) is 3.81. The van der Waals surface area contributed by atoms with Gasteiger partial charge in [-0.1, -0.05) is 30.9 Å². The van der Waals surface area contributed by atoms with Crippen molar-refractivity contribution in [2.75, 3.05) is 13.2 Å². The highest BCUT2D eigenvalue weighted by Gasteiger charge is 2.64. The van der Waals surface area contributed by atoms with Crippen molar-refractivity contribution in [1.82, 2.24) is 0 Å². The summed E-state index contributed by atoms with van der Waals surface area (Å²) in [6.07, 6.45) is 9.93. The van der Waals surface area contributed by atoms with Crippen LogP contribution in [0.3, 0.4) is 0 Å². The summed E-state index contributed by atoms with van der Waals surface area (Å²) in [5, 5.41) is 0. The lowest BCUT2D eigenvalue weighted by molar-refractivity contribution is -0.327. The highest BCUT2D eigenvalue weighted by Crippen LogP contribution is 2.45. The van der Waals surface area contributed by atoms with Gasteiger partial charge in [-0.3, -0.25) is 0 Å². The van der Waals surface area contributed by atoms with Gasteiger partial charge in [0.15, 0.2) is 17.7 Å². The normalized spacial score (nSPS) is 35.4. The number of carbonyl (C=O) groups is 1. The molecule has 0 bridgehead atoms. The Balaban J connectivity index is 1.66. The van der Waals surface area contributed by atoms with E-state index < -0.39 is 35.5 Å². The molecule has 3 fully saturated rings. The molecule has 7 heteroatoms. The predicted molar refractivity (Wildman–Crippen MR) is 106 cm³/mol. The first-order valence-corrected chi connectivity index (χ1v) is 10.1. The van der Waals surface area contributed by atoms with E-state index in [0.29, 0.717) is 0 Å². The van der Waals surface area contributed by atoms with Crippen molar-refractivity contribution in [3.05, 3.63) is 37.0 Å². The van der Waals surface area contributed by atoms with E-state index in [-0.39, 0.29) is 19.3 Å². The quantitative estimate of drug-likeness (QED) is 0.277. The Bertz CT molecular complexity index is 664. The molecule has 3 saturated heterocycles. The van der Waals surface area contributed by atoms with Crippen molar-refractivity contribution >= 4 is 5.97 Å². The van der Waals surface area contributed by atoms with Gasteiger partial charge in [-0.25, -0.2) is 4.79 Å². The van der Waals surface area contributed by atoms with Crippen LogP contribution in [-0.2, 0) is 33.2 Å². The number of carbonyl (C=O) groups excluding carboxylic acids is 1. The third-order valence-corrected chi connectivity index (χ3v) is 5.00. The Hall–Kier alpha value is -1.51. The molecular weight excluding hydrogens is 376 g/mol. The Morgan fingerprint density at radius 1 is 1.10 bits per heavy atom. The molecular formula is C22H32O7. The Kier molecular flexibility index (Phi) is 6.65. The van der Waals surface area contributed by atoms with Crippen molar-refractivity contribution in [2.45, 2.75) is 82.6 Å². The van der Waals surface area contributed by atoms with Gasteiger partial charge in [0.1, 0.15) is 18.8 Å². The third-order valence-electron chi connectivity index (χ3n) is 5.00. The maximum atomic E-state index is 12.5. The summed E-state index contributed by atoms with van der Waals surface area (Å²) < 4.78 is 35.5. The van der Waals surface area contributed by atoms with Crippen molar-refractivity contribution in [3.8, 4) is 0 Å². The van der Waals surface area contributed by atoms with E-state index in [9.17, 15) is 4.79 Å². The highest BCUT2D eigenvalue weighted by atomic mass is 16.9. The SMILES string of the molecule is C=C/C=C/CCC/C=C/C(=O)O[C@H]1[C@@H]2OC(C)(C)O[C@@H]2CO[C@]12COC(C)(C)O2. The van der Waals surface area contributed by atoms with Crippen LogP contribution >= 0.6 is 0 Å². The number of ether oxygens (including phenoxy) is 6. The molecule has 4 atom stereocenters. The molecule has 0 N–H and O–H groups in total. The molecule has 1 spiro atoms. The minimum Gasteiger partial charge on any atom is -0.450 e. The van der Waals surface area contributed by atoms with E-state index in [2.05, 4.69) is 6.58 Å². The summed E-state index contributed by atoms with van der Waals surface area (Å²) in [7, 11) is 0. The van der Waals surface area contributed by atoms with Crippen molar-refractivity contribution in [2.24, 2.45) is 0 Å².